The molecule has 0 radical (unpaired) electrons. The highest BCUT2D eigenvalue weighted by Crippen LogP contribution is 2.35. The van der Waals surface area contributed by atoms with Crippen molar-refractivity contribution in [2.45, 2.75) is 57.5 Å². The van der Waals surface area contributed by atoms with Crippen LogP contribution in [-0.4, -0.2) is 107 Å². The Bertz CT molecular complexity index is 1490. The minimum atomic E-state index is -4.51. The van der Waals surface area contributed by atoms with Crippen molar-refractivity contribution in [1.82, 2.24) is 50.5 Å². The van der Waals surface area contributed by atoms with E-state index in [2.05, 4.69) is 53.1 Å². The monoisotopic (exact) mass is 562 g/mol. The zero-order chi connectivity index (χ0) is 28.1. The van der Waals surface area contributed by atoms with Gasteiger partial charge in [-0.25, -0.2) is 0 Å². The average molecular weight is 563 g/mol. The molecule has 2 aliphatic heterocycles. The number of rotatable bonds is 6. The van der Waals surface area contributed by atoms with Crippen LogP contribution in [-0.2, 0) is 15.9 Å². The highest BCUT2D eigenvalue weighted by Gasteiger charge is 2.48. The van der Waals surface area contributed by atoms with Gasteiger partial charge >= 0.3 is 6.18 Å². The van der Waals surface area contributed by atoms with Gasteiger partial charge in [-0.3, -0.25) is 0 Å². The minimum absolute atomic E-state index is 0.0250. The van der Waals surface area contributed by atoms with Crippen LogP contribution in [0.15, 0.2) is 18.2 Å². The number of morpholine rings is 2. The topological polar surface area (TPSA) is 137 Å². The van der Waals surface area contributed by atoms with Crippen molar-refractivity contribution in [3.8, 4) is 0 Å². The summed E-state index contributed by atoms with van der Waals surface area (Å²) in [6.45, 7) is 7.00. The molecule has 214 valence electrons. The van der Waals surface area contributed by atoms with E-state index >= 15 is 0 Å². The molecule has 0 aliphatic carbocycles. The molecule has 6 rings (SSSR count). The maximum Gasteiger partial charge on any atom is 0.416 e. The molecule has 2 fully saturated rings. The third-order valence-electron chi connectivity index (χ3n) is 7.16. The Kier molecular flexibility index (Phi) is 6.64. The standard InChI is InChI=1S/C23H29F3N12O2/c1-14(9-16-12-39-7-6-36(16)19-5-4-18-27-31-33-37(18)29-19)8-15-10-20-28-32-34-38(20)30-21(15)35-11-17(23(24,25)26)40-22(2,3)13-35/h4-5,10,14,16-17H,6-9,11-13H2,1-3H3. The second-order valence-electron chi connectivity index (χ2n) is 11.0. The molecule has 14 nitrogen and oxygen atoms in total. The lowest BCUT2D eigenvalue weighted by molar-refractivity contribution is -0.251. The Morgan fingerprint density at radius 2 is 1.82 bits per heavy atom. The Labute approximate surface area is 226 Å². The van der Waals surface area contributed by atoms with Crippen LogP contribution in [0.1, 0.15) is 32.8 Å². The van der Waals surface area contributed by atoms with E-state index in [1.165, 1.54) is 9.26 Å². The van der Waals surface area contributed by atoms with Gasteiger partial charge in [-0.15, -0.1) is 29.7 Å². The smallest absolute Gasteiger partial charge is 0.377 e. The number of ether oxygens (including phenoxy) is 2. The lowest BCUT2D eigenvalue weighted by atomic mass is 9.93. The fraction of sp³-hybridized carbons (Fsp3) is 0.652. The van der Waals surface area contributed by atoms with Crippen molar-refractivity contribution in [2.75, 3.05) is 42.6 Å². The third-order valence-corrected chi connectivity index (χ3v) is 7.16. The SMILES string of the molecule is CC(Cc1cc2nnnn2nc1N1CC(C(F)(F)F)OC(C)(C)C1)CC1COCCN1c1ccc2nnnn2n1. The summed E-state index contributed by atoms with van der Waals surface area (Å²) in [5, 5.41) is 32.1. The van der Waals surface area contributed by atoms with Gasteiger partial charge < -0.3 is 19.3 Å². The molecule has 3 unspecified atom stereocenters. The lowest BCUT2D eigenvalue weighted by Crippen LogP contribution is -2.57. The van der Waals surface area contributed by atoms with Gasteiger partial charge in [0.25, 0.3) is 0 Å². The van der Waals surface area contributed by atoms with Gasteiger partial charge in [0, 0.05) is 18.7 Å². The van der Waals surface area contributed by atoms with Crippen molar-refractivity contribution >= 4 is 22.9 Å². The highest BCUT2D eigenvalue weighted by molar-refractivity contribution is 5.53. The minimum Gasteiger partial charge on any atom is -0.377 e. The van der Waals surface area contributed by atoms with E-state index in [0.717, 1.165) is 17.8 Å². The van der Waals surface area contributed by atoms with Crippen LogP contribution in [0, 0.1) is 5.92 Å². The van der Waals surface area contributed by atoms with Crippen LogP contribution < -0.4 is 9.80 Å². The summed E-state index contributed by atoms with van der Waals surface area (Å²) in [7, 11) is 0. The first-order chi connectivity index (χ1) is 19.1. The van der Waals surface area contributed by atoms with E-state index in [1.807, 2.05) is 12.1 Å². The summed E-state index contributed by atoms with van der Waals surface area (Å²) in [5.41, 5.74) is 0.711. The number of nitrogens with zero attached hydrogens (tertiary/aromatic N) is 12. The summed E-state index contributed by atoms with van der Waals surface area (Å²) in [6.07, 6.45) is -5.16. The number of anilines is 2. The van der Waals surface area contributed by atoms with Crippen LogP contribution >= 0.6 is 0 Å². The van der Waals surface area contributed by atoms with E-state index in [4.69, 9.17) is 9.47 Å². The molecule has 4 aromatic rings. The second kappa shape index (κ2) is 10.0. The largest absolute Gasteiger partial charge is 0.416 e. The molecule has 17 heteroatoms. The normalized spacial score (nSPS) is 22.8. The van der Waals surface area contributed by atoms with E-state index < -0.39 is 17.9 Å². The summed E-state index contributed by atoms with van der Waals surface area (Å²) in [5.74, 6) is 1.27. The van der Waals surface area contributed by atoms with Crippen LogP contribution in [0.3, 0.4) is 0 Å². The molecule has 0 spiro atoms. The highest BCUT2D eigenvalue weighted by atomic mass is 19.4. The first-order valence-corrected chi connectivity index (χ1v) is 13.0. The predicted octanol–water partition coefficient (Wildman–Crippen LogP) is 1.37. The molecule has 0 saturated carbocycles. The Hall–Kier alpha value is -3.73. The van der Waals surface area contributed by atoms with Crippen molar-refractivity contribution < 1.29 is 22.6 Å². The van der Waals surface area contributed by atoms with E-state index in [1.54, 1.807) is 24.8 Å². The number of hydrogen-bond acceptors (Lipinski definition) is 12. The third kappa shape index (κ3) is 5.34. The molecule has 3 atom stereocenters. The van der Waals surface area contributed by atoms with Gasteiger partial charge in [-0.05, 0) is 71.7 Å². The average Bonchev–Trinajstić information content (AvgIpc) is 3.55. The Morgan fingerprint density at radius 1 is 1.07 bits per heavy atom. The van der Waals surface area contributed by atoms with Crippen LogP contribution in [0.25, 0.3) is 11.3 Å². The second-order valence-corrected chi connectivity index (χ2v) is 11.0. The van der Waals surface area contributed by atoms with Gasteiger partial charge in [0.05, 0.1) is 31.4 Å². The van der Waals surface area contributed by atoms with Gasteiger partial charge in [-0.1, -0.05) is 6.92 Å². The molecule has 6 heterocycles. The van der Waals surface area contributed by atoms with Crippen molar-refractivity contribution in [3.63, 3.8) is 0 Å². The predicted molar refractivity (Wildman–Crippen MR) is 134 cm³/mol. The Morgan fingerprint density at radius 3 is 2.60 bits per heavy atom. The molecule has 2 aliphatic rings. The maximum atomic E-state index is 13.7. The molecule has 2 saturated heterocycles. The number of alkyl halides is 3. The summed E-state index contributed by atoms with van der Waals surface area (Å²) < 4.78 is 55.1. The molecule has 40 heavy (non-hydrogen) atoms. The number of tetrazole rings is 2. The molecule has 0 bridgehead atoms. The van der Waals surface area contributed by atoms with Crippen molar-refractivity contribution in [1.29, 1.82) is 0 Å². The maximum absolute atomic E-state index is 13.7. The van der Waals surface area contributed by atoms with Crippen molar-refractivity contribution in [2.24, 2.45) is 5.92 Å². The quantitative estimate of drug-likeness (QED) is 0.336. The number of halogens is 3. The molecule has 0 aromatic carbocycles. The fourth-order valence-corrected chi connectivity index (χ4v) is 5.52. The zero-order valence-corrected chi connectivity index (χ0v) is 22.2. The number of aromatic nitrogens is 10. The van der Waals surface area contributed by atoms with Gasteiger partial charge in [-0.2, -0.15) is 13.2 Å². The van der Waals surface area contributed by atoms with Gasteiger partial charge in [0.15, 0.2) is 29.0 Å². The molecule has 4 aromatic heterocycles. The fourth-order valence-electron chi connectivity index (χ4n) is 5.52. The summed E-state index contributed by atoms with van der Waals surface area (Å²) >= 11 is 0. The van der Waals surface area contributed by atoms with Crippen LogP contribution in [0.5, 0.6) is 0 Å². The van der Waals surface area contributed by atoms with Gasteiger partial charge in [0.1, 0.15) is 0 Å². The summed E-state index contributed by atoms with van der Waals surface area (Å²) in [4.78, 5) is 3.82. The van der Waals surface area contributed by atoms with Crippen molar-refractivity contribution in [3.05, 3.63) is 23.8 Å². The van der Waals surface area contributed by atoms with E-state index in [-0.39, 0.29) is 25.0 Å². The molecular weight excluding hydrogens is 533 g/mol. The number of fused-ring (bicyclic) bond motifs is 2. The zero-order valence-electron chi connectivity index (χ0n) is 22.2. The van der Waals surface area contributed by atoms with Gasteiger partial charge in [0.2, 0.25) is 0 Å². The van der Waals surface area contributed by atoms with Crippen LogP contribution in [0.4, 0.5) is 24.8 Å². The summed E-state index contributed by atoms with van der Waals surface area (Å²) in [6, 6.07) is 5.53. The first-order valence-electron chi connectivity index (χ1n) is 13.0. The first kappa shape index (κ1) is 26.5. The Balaban J connectivity index is 1.25. The van der Waals surface area contributed by atoms with E-state index in [9.17, 15) is 13.2 Å². The van der Waals surface area contributed by atoms with Crippen LogP contribution in [0.2, 0.25) is 0 Å². The molecule has 0 amide bonds. The lowest BCUT2D eigenvalue weighted by Gasteiger charge is -2.44. The molecule has 0 N–H and O–H groups in total. The number of hydrogen-bond donors (Lipinski definition) is 0. The molecular formula is C23H29F3N12O2. The van der Waals surface area contributed by atoms with E-state index in [0.29, 0.717) is 43.3 Å².